The summed E-state index contributed by atoms with van der Waals surface area (Å²) in [6, 6.07) is 17.2. The van der Waals surface area contributed by atoms with Crippen LogP contribution < -0.4 is 9.64 Å². The van der Waals surface area contributed by atoms with Crippen molar-refractivity contribution in [3.05, 3.63) is 66.2 Å². The summed E-state index contributed by atoms with van der Waals surface area (Å²) in [6.45, 7) is 0.282. The fourth-order valence-electron chi connectivity index (χ4n) is 4.05. The summed E-state index contributed by atoms with van der Waals surface area (Å²) < 4.78 is 39.9. The largest absolute Gasteiger partial charge is 0.466 e. The van der Waals surface area contributed by atoms with Gasteiger partial charge in [-0.25, -0.2) is 18.6 Å². The van der Waals surface area contributed by atoms with Crippen LogP contribution in [0.2, 0.25) is 0 Å². The highest BCUT2D eigenvalue weighted by molar-refractivity contribution is 5.97. The molecule has 0 N–H and O–H groups in total. The minimum atomic E-state index is -3.11. The van der Waals surface area contributed by atoms with E-state index in [1.165, 1.54) is 9.80 Å². The molecule has 5 rings (SSSR count). The van der Waals surface area contributed by atoms with E-state index < -0.39 is 30.4 Å². The SMILES string of the molecule is O=C(c1cccc(N2CCOC2=O)c1)N1CCC(F)(F)[C@@H](Oc2ccc3ccccc3n2)C1. The maximum Gasteiger partial charge on any atom is 0.414 e. The van der Waals surface area contributed by atoms with Gasteiger partial charge in [0.25, 0.3) is 11.8 Å². The zero-order valence-corrected chi connectivity index (χ0v) is 17.6. The van der Waals surface area contributed by atoms with Crippen molar-refractivity contribution in [2.24, 2.45) is 0 Å². The molecular weight excluding hydrogens is 432 g/mol. The number of hydrogen-bond donors (Lipinski definition) is 0. The van der Waals surface area contributed by atoms with Crippen molar-refractivity contribution in [2.75, 3.05) is 31.1 Å². The van der Waals surface area contributed by atoms with Crippen LogP contribution >= 0.6 is 0 Å². The average Bonchev–Trinajstić information content (AvgIpc) is 3.26. The lowest BCUT2D eigenvalue weighted by Crippen LogP contribution is -2.55. The molecule has 2 aromatic carbocycles. The number of benzene rings is 2. The fraction of sp³-hybridized carbons (Fsp3) is 0.292. The van der Waals surface area contributed by atoms with E-state index in [1.54, 1.807) is 42.5 Å². The van der Waals surface area contributed by atoms with Crippen LogP contribution in [0.3, 0.4) is 0 Å². The van der Waals surface area contributed by atoms with E-state index in [0.717, 1.165) is 5.39 Å². The van der Waals surface area contributed by atoms with E-state index in [1.807, 2.05) is 18.2 Å². The molecule has 2 aliphatic heterocycles. The summed E-state index contributed by atoms with van der Waals surface area (Å²) in [6.07, 6.45) is -2.52. The van der Waals surface area contributed by atoms with E-state index in [-0.39, 0.29) is 25.6 Å². The van der Waals surface area contributed by atoms with Crippen LogP contribution in [0.1, 0.15) is 16.8 Å². The third-order valence-corrected chi connectivity index (χ3v) is 5.86. The smallest absolute Gasteiger partial charge is 0.414 e. The molecule has 3 aromatic rings. The quantitative estimate of drug-likeness (QED) is 0.594. The number of pyridine rings is 1. The van der Waals surface area contributed by atoms with Crippen molar-refractivity contribution in [3.63, 3.8) is 0 Å². The van der Waals surface area contributed by atoms with Gasteiger partial charge >= 0.3 is 6.09 Å². The van der Waals surface area contributed by atoms with Crippen molar-refractivity contribution >= 4 is 28.6 Å². The molecule has 0 unspecified atom stereocenters. The van der Waals surface area contributed by atoms with Gasteiger partial charge in [-0.15, -0.1) is 0 Å². The van der Waals surface area contributed by atoms with Crippen LogP contribution in [0.15, 0.2) is 60.7 Å². The van der Waals surface area contributed by atoms with Crippen LogP contribution in [0, 0.1) is 0 Å². The first-order chi connectivity index (χ1) is 15.9. The Kier molecular flexibility index (Phi) is 5.32. The molecule has 1 aromatic heterocycles. The van der Waals surface area contributed by atoms with Gasteiger partial charge in [-0.3, -0.25) is 9.69 Å². The zero-order chi connectivity index (χ0) is 23.0. The second-order valence-electron chi connectivity index (χ2n) is 8.03. The Morgan fingerprint density at radius 3 is 2.76 bits per heavy atom. The monoisotopic (exact) mass is 453 g/mol. The number of amides is 2. The summed E-state index contributed by atoms with van der Waals surface area (Å²) in [5, 5.41) is 0.874. The van der Waals surface area contributed by atoms with E-state index in [0.29, 0.717) is 23.3 Å². The van der Waals surface area contributed by atoms with Crippen LogP contribution in [0.25, 0.3) is 10.9 Å². The number of fused-ring (bicyclic) bond motifs is 1. The Bertz CT molecular complexity index is 1220. The number of carbonyl (C=O) groups excluding carboxylic acids is 2. The number of para-hydroxylation sites is 1. The van der Waals surface area contributed by atoms with Crippen LogP contribution in [-0.4, -0.2) is 60.2 Å². The van der Waals surface area contributed by atoms with Crippen LogP contribution in [0.4, 0.5) is 19.3 Å². The number of nitrogens with zero attached hydrogens (tertiary/aromatic N) is 3. The van der Waals surface area contributed by atoms with Gasteiger partial charge in [0.05, 0.1) is 18.6 Å². The fourth-order valence-corrected chi connectivity index (χ4v) is 4.05. The van der Waals surface area contributed by atoms with Gasteiger partial charge < -0.3 is 14.4 Å². The van der Waals surface area contributed by atoms with Crippen LogP contribution in [0.5, 0.6) is 5.88 Å². The maximum absolute atomic E-state index is 14.7. The summed E-state index contributed by atoms with van der Waals surface area (Å²) in [4.78, 5) is 32.0. The molecular formula is C24H21F2N3O4. The topological polar surface area (TPSA) is 72.0 Å². The van der Waals surface area contributed by atoms with E-state index in [2.05, 4.69) is 4.98 Å². The molecule has 0 radical (unpaired) electrons. The number of carbonyl (C=O) groups is 2. The van der Waals surface area contributed by atoms with Gasteiger partial charge in [-0.1, -0.05) is 24.3 Å². The second kappa shape index (κ2) is 8.31. The van der Waals surface area contributed by atoms with Gasteiger partial charge in [-0.05, 0) is 30.3 Å². The number of piperidine rings is 1. The molecule has 2 fully saturated rings. The first-order valence-corrected chi connectivity index (χ1v) is 10.6. The molecule has 0 aliphatic carbocycles. The van der Waals surface area contributed by atoms with Gasteiger partial charge in [0, 0.05) is 35.7 Å². The number of hydrogen-bond acceptors (Lipinski definition) is 5. The molecule has 2 aliphatic rings. The third-order valence-electron chi connectivity index (χ3n) is 5.86. The molecule has 1 atom stereocenters. The Hall–Kier alpha value is -3.75. The number of halogens is 2. The number of aromatic nitrogens is 1. The Balaban J connectivity index is 1.34. The molecule has 0 bridgehead atoms. The lowest BCUT2D eigenvalue weighted by atomic mass is 10.0. The second-order valence-corrected chi connectivity index (χ2v) is 8.03. The highest BCUT2D eigenvalue weighted by Gasteiger charge is 2.47. The Morgan fingerprint density at radius 1 is 1.09 bits per heavy atom. The summed E-state index contributed by atoms with van der Waals surface area (Å²) in [5.41, 5.74) is 1.47. The number of cyclic esters (lactones) is 1. The van der Waals surface area contributed by atoms with E-state index >= 15 is 0 Å². The van der Waals surface area contributed by atoms with Crippen molar-refractivity contribution in [2.45, 2.75) is 18.4 Å². The number of anilines is 1. The number of rotatable bonds is 4. The predicted octanol–water partition coefficient (Wildman–Crippen LogP) is 4.12. The summed E-state index contributed by atoms with van der Waals surface area (Å²) in [7, 11) is 0. The molecule has 170 valence electrons. The molecule has 3 heterocycles. The van der Waals surface area contributed by atoms with Crippen molar-refractivity contribution in [1.29, 1.82) is 0 Å². The van der Waals surface area contributed by atoms with Gasteiger partial charge in [-0.2, -0.15) is 0 Å². The highest BCUT2D eigenvalue weighted by atomic mass is 19.3. The first-order valence-electron chi connectivity index (χ1n) is 10.6. The van der Waals surface area contributed by atoms with Crippen molar-refractivity contribution in [3.8, 4) is 5.88 Å². The van der Waals surface area contributed by atoms with E-state index in [9.17, 15) is 18.4 Å². The van der Waals surface area contributed by atoms with Crippen molar-refractivity contribution < 1.29 is 27.8 Å². The molecule has 0 spiro atoms. The summed E-state index contributed by atoms with van der Waals surface area (Å²) >= 11 is 0. The number of ether oxygens (including phenoxy) is 2. The highest BCUT2D eigenvalue weighted by Crippen LogP contribution is 2.32. The zero-order valence-electron chi connectivity index (χ0n) is 17.6. The Morgan fingerprint density at radius 2 is 1.94 bits per heavy atom. The minimum Gasteiger partial charge on any atom is -0.466 e. The third kappa shape index (κ3) is 4.18. The lowest BCUT2D eigenvalue weighted by molar-refractivity contribution is -0.131. The van der Waals surface area contributed by atoms with Gasteiger partial charge in [0.2, 0.25) is 5.88 Å². The normalized spacial score (nSPS) is 20.1. The van der Waals surface area contributed by atoms with Gasteiger partial charge in [0.1, 0.15) is 6.61 Å². The van der Waals surface area contributed by atoms with Crippen molar-refractivity contribution in [1.82, 2.24) is 9.88 Å². The van der Waals surface area contributed by atoms with Gasteiger partial charge in [0.15, 0.2) is 6.10 Å². The summed E-state index contributed by atoms with van der Waals surface area (Å²) in [5.74, 6) is -3.42. The molecule has 2 amide bonds. The lowest BCUT2D eigenvalue weighted by Gasteiger charge is -2.38. The van der Waals surface area contributed by atoms with Crippen LogP contribution in [-0.2, 0) is 4.74 Å². The molecule has 9 heteroatoms. The molecule has 33 heavy (non-hydrogen) atoms. The predicted molar refractivity (Wildman–Crippen MR) is 117 cm³/mol. The molecule has 0 saturated carbocycles. The first kappa shape index (κ1) is 21.1. The number of alkyl halides is 2. The molecule has 7 nitrogen and oxygen atoms in total. The minimum absolute atomic E-state index is 0.0854. The Labute approximate surface area is 188 Å². The number of likely N-dealkylation sites (tertiary alicyclic amines) is 1. The average molecular weight is 453 g/mol. The maximum atomic E-state index is 14.7. The van der Waals surface area contributed by atoms with E-state index in [4.69, 9.17) is 9.47 Å². The molecule has 2 saturated heterocycles. The standard InChI is InChI=1S/C24H21F2N3O4/c25-24(26)10-11-28(15-20(24)33-21-9-8-16-4-1-2-7-19(16)27-21)22(30)17-5-3-6-18(14-17)29-12-13-32-23(29)31/h1-9,14,20H,10-13,15H2/t20-/m0/s1.